The Morgan fingerprint density at radius 2 is 1.81 bits per heavy atom. The molecular weight excluding hydrogens is 410 g/mol. The monoisotopic (exact) mass is 439 g/mol. The first-order valence-corrected chi connectivity index (χ1v) is 10.8. The number of rotatable bonds is 8. The molecule has 1 N–H and O–H groups in total. The van der Waals surface area contributed by atoms with Gasteiger partial charge >= 0.3 is 0 Å². The summed E-state index contributed by atoms with van der Waals surface area (Å²) in [5, 5.41) is 2.95. The molecule has 32 heavy (non-hydrogen) atoms. The van der Waals surface area contributed by atoms with E-state index in [-0.39, 0.29) is 5.91 Å². The lowest BCUT2D eigenvalue weighted by molar-refractivity contribution is -0.349. The Labute approximate surface area is 188 Å². The van der Waals surface area contributed by atoms with Gasteiger partial charge in [0.2, 0.25) is 5.91 Å². The van der Waals surface area contributed by atoms with Gasteiger partial charge in [0.15, 0.2) is 12.6 Å². The van der Waals surface area contributed by atoms with Crippen molar-refractivity contribution in [2.45, 2.75) is 50.5 Å². The largest absolute Gasteiger partial charge is 0.369 e. The van der Waals surface area contributed by atoms with Crippen molar-refractivity contribution in [2.75, 3.05) is 13.2 Å². The predicted molar refractivity (Wildman–Crippen MR) is 117 cm³/mol. The van der Waals surface area contributed by atoms with Gasteiger partial charge < -0.3 is 29.0 Å². The highest BCUT2D eigenvalue weighted by Crippen LogP contribution is 2.35. The van der Waals surface area contributed by atoms with Gasteiger partial charge in [-0.25, -0.2) is 0 Å². The summed E-state index contributed by atoms with van der Waals surface area (Å²) in [5.74, 6) is -0.204. The summed E-state index contributed by atoms with van der Waals surface area (Å²) in [5.41, 5.74) is 1.91. The van der Waals surface area contributed by atoms with Crippen LogP contribution in [0.3, 0.4) is 0 Å². The predicted octanol–water partition coefficient (Wildman–Crippen LogP) is 3.12. The van der Waals surface area contributed by atoms with E-state index < -0.39 is 36.9 Å². The quantitative estimate of drug-likeness (QED) is 0.637. The van der Waals surface area contributed by atoms with Gasteiger partial charge in [0.1, 0.15) is 24.4 Å². The summed E-state index contributed by atoms with van der Waals surface area (Å²) in [6, 6.07) is 18.9. The number of ether oxygens (including phenoxy) is 5. The molecule has 0 aliphatic carbocycles. The summed E-state index contributed by atoms with van der Waals surface area (Å²) < 4.78 is 30.7. The number of hydrogen-bond acceptors (Lipinski definition) is 6. The third-order valence-electron chi connectivity index (χ3n) is 5.44. The van der Waals surface area contributed by atoms with Gasteiger partial charge in [-0.3, -0.25) is 4.79 Å². The molecule has 0 unspecified atom stereocenters. The van der Waals surface area contributed by atoms with Crippen molar-refractivity contribution in [1.82, 2.24) is 5.32 Å². The van der Waals surface area contributed by atoms with Crippen LogP contribution in [0, 0.1) is 0 Å². The Kier molecular flexibility index (Phi) is 7.68. The van der Waals surface area contributed by atoms with Crippen LogP contribution in [0.15, 0.2) is 73.3 Å². The molecule has 0 radical (unpaired) electrons. The molecule has 2 aliphatic heterocycles. The van der Waals surface area contributed by atoms with Crippen LogP contribution >= 0.6 is 0 Å². The molecule has 2 saturated heterocycles. The molecule has 0 aromatic heterocycles. The number of nitrogens with one attached hydrogen (secondary N) is 1. The van der Waals surface area contributed by atoms with Gasteiger partial charge in [0, 0.05) is 12.5 Å². The van der Waals surface area contributed by atoms with Gasteiger partial charge in [-0.15, -0.1) is 6.58 Å². The average Bonchev–Trinajstić information content (AvgIpc) is 2.82. The number of fused-ring (bicyclic) bond motifs is 1. The minimum Gasteiger partial charge on any atom is -0.369 e. The summed E-state index contributed by atoms with van der Waals surface area (Å²) in [4.78, 5) is 12.0. The minimum absolute atomic E-state index is 0.204. The van der Waals surface area contributed by atoms with Crippen molar-refractivity contribution < 1.29 is 28.5 Å². The Balaban J connectivity index is 1.55. The zero-order valence-corrected chi connectivity index (χ0v) is 18.1. The van der Waals surface area contributed by atoms with E-state index in [9.17, 15) is 4.79 Å². The van der Waals surface area contributed by atoms with Crippen molar-refractivity contribution in [3.63, 3.8) is 0 Å². The van der Waals surface area contributed by atoms with E-state index in [0.29, 0.717) is 19.8 Å². The highest BCUT2D eigenvalue weighted by Gasteiger charge is 2.51. The number of hydrogen-bond donors (Lipinski definition) is 1. The lowest BCUT2D eigenvalue weighted by atomic mass is 9.95. The molecule has 2 fully saturated rings. The van der Waals surface area contributed by atoms with Crippen LogP contribution in [-0.2, 0) is 35.1 Å². The molecule has 2 aliphatic rings. The summed E-state index contributed by atoms with van der Waals surface area (Å²) in [6.45, 7) is 6.16. The maximum absolute atomic E-state index is 12.0. The molecule has 2 aromatic rings. The maximum atomic E-state index is 12.0. The highest BCUT2D eigenvalue weighted by molar-refractivity contribution is 5.73. The lowest BCUT2D eigenvalue weighted by Crippen LogP contribution is -2.67. The molecule has 0 bridgehead atoms. The number of carbonyl (C=O) groups is 1. The molecule has 2 heterocycles. The van der Waals surface area contributed by atoms with E-state index in [1.807, 2.05) is 60.7 Å². The highest BCUT2D eigenvalue weighted by atomic mass is 16.7. The third-order valence-corrected chi connectivity index (χ3v) is 5.44. The summed E-state index contributed by atoms with van der Waals surface area (Å²) >= 11 is 0. The number of carbonyl (C=O) groups excluding carboxylic acids is 1. The van der Waals surface area contributed by atoms with Crippen molar-refractivity contribution in [3.05, 3.63) is 84.4 Å². The van der Waals surface area contributed by atoms with Crippen LogP contribution < -0.4 is 5.32 Å². The smallest absolute Gasteiger partial charge is 0.217 e. The fourth-order valence-electron chi connectivity index (χ4n) is 4.01. The van der Waals surface area contributed by atoms with E-state index in [2.05, 4.69) is 11.9 Å². The molecule has 0 spiro atoms. The topological polar surface area (TPSA) is 75.3 Å². The van der Waals surface area contributed by atoms with Crippen molar-refractivity contribution >= 4 is 5.91 Å². The lowest BCUT2D eigenvalue weighted by Gasteiger charge is -2.49. The number of amides is 1. The van der Waals surface area contributed by atoms with Gasteiger partial charge in [-0.05, 0) is 5.56 Å². The van der Waals surface area contributed by atoms with Crippen LogP contribution in [0.5, 0.6) is 0 Å². The van der Waals surface area contributed by atoms with E-state index in [1.54, 1.807) is 6.08 Å². The SMILES string of the molecule is C=CCO[C@H]1[C@H](NC(C)=O)[C@H](OCc2ccccc2)O[C@@H]2CO[C@H](c3ccccc3)O[C@@H]12. The molecule has 2 aromatic carbocycles. The van der Waals surface area contributed by atoms with E-state index in [0.717, 1.165) is 11.1 Å². The van der Waals surface area contributed by atoms with Crippen molar-refractivity contribution in [1.29, 1.82) is 0 Å². The van der Waals surface area contributed by atoms with Crippen LogP contribution in [0.25, 0.3) is 0 Å². The van der Waals surface area contributed by atoms with Gasteiger partial charge in [0.25, 0.3) is 0 Å². The van der Waals surface area contributed by atoms with Crippen molar-refractivity contribution in [2.24, 2.45) is 0 Å². The average molecular weight is 440 g/mol. The van der Waals surface area contributed by atoms with Crippen LogP contribution in [0.2, 0.25) is 0 Å². The Morgan fingerprint density at radius 1 is 1.09 bits per heavy atom. The second-order valence-electron chi connectivity index (χ2n) is 7.83. The first-order chi connectivity index (χ1) is 15.7. The molecule has 7 heteroatoms. The van der Waals surface area contributed by atoms with Gasteiger partial charge in [-0.1, -0.05) is 66.7 Å². The molecule has 7 nitrogen and oxygen atoms in total. The van der Waals surface area contributed by atoms with Crippen LogP contribution in [0.1, 0.15) is 24.3 Å². The normalized spacial score (nSPS) is 29.7. The summed E-state index contributed by atoms with van der Waals surface area (Å²) in [7, 11) is 0. The number of benzene rings is 2. The Hall–Kier alpha value is -2.55. The first-order valence-electron chi connectivity index (χ1n) is 10.8. The van der Waals surface area contributed by atoms with Gasteiger partial charge in [0.05, 0.1) is 19.8 Å². The minimum atomic E-state index is -0.726. The molecule has 6 atom stereocenters. The van der Waals surface area contributed by atoms with Crippen LogP contribution in [-0.4, -0.2) is 49.8 Å². The second-order valence-corrected chi connectivity index (χ2v) is 7.83. The Morgan fingerprint density at radius 3 is 2.50 bits per heavy atom. The fourth-order valence-corrected chi connectivity index (χ4v) is 4.01. The van der Waals surface area contributed by atoms with Crippen molar-refractivity contribution in [3.8, 4) is 0 Å². The molecule has 0 saturated carbocycles. The molecule has 1 amide bonds. The van der Waals surface area contributed by atoms with E-state index in [1.165, 1.54) is 6.92 Å². The standard InChI is InChI=1S/C25H29NO6/c1-3-14-28-23-21(26-17(2)27)25(29-15-18-10-6-4-7-11-18)31-20-16-30-24(32-22(20)23)19-12-8-5-9-13-19/h3-13,20-25H,1,14-16H2,2H3,(H,26,27)/t20-,21+,22-,23+,24+,25-/m1/s1. The van der Waals surface area contributed by atoms with Crippen LogP contribution in [0.4, 0.5) is 0 Å². The Bertz CT molecular complexity index is 877. The second kappa shape index (κ2) is 10.8. The third kappa shape index (κ3) is 5.43. The first kappa shape index (κ1) is 22.6. The zero-order chi connectivity index (χ0) is 22.3. The molecule has 4 rings (SSSR count). The van der Waals surface area contributed by atoms with Gasteiger partial charge in [-0.2, -0.15) is 0 Å². The maximum Gasteiger partial charge on any atom is 0.217 e. The summed E-state index contributed by atoms with van der Waals surface area (Å²) in [6.07, 6.45) is -0.973. The zero-order valence-electron chi connectivity index (χ0n) is 18.1. The molecular formula is C25H29NO6. The van der Waals surface area contributed by atoms with E-state index >= 15 is 0 Å². The fraction of sp³-hybridized carbons (Fsp3) is 0.400. The van der Waals surface area contributed by atoms with E-state index in [4.69, 9.17) is 23.7 Å². The molecule has 170 valence electrons.